The van der Waals surface area contributed by atoms with Crippen LogP contribution in [0.1, 0.15) is 44.8 Å². The van der Waals surface area contributed by atoms with Crippen LogP contribution in [0, 0.1) is 17.8 Å². The van der Waals surface area contributed by atoms with Crippen LogP contribution in [-0.2, 0) is 0 Å². The molecule has 0 spiro atoms. The number of para-hydroxylation sites is 1. The molecule has 1 aromatic heterocycles. The lowest BCUT2D eigenvalue weighted by Crippen LogP contribution is -2.37. The monoisotopic (exact) mass is 283 g/mol. The molecule has 3 heteroatoms. The molecular weight excluding hydrogens is 258 g/mol. The molecule has 112 valence electrons. The number of nitrogens with zero attached hydrogens (tertiary/aromatic N) is 1. The highest BCUT2D eigenvalue weighted by atomic mass is 15.2. The van der Waals surface area contributed by atoms with Crippen LogP contribution < -0.4 is 11.3 Å². The van der Waals surface area contributed by atoms with E-state index in [-0.39, 0.29) is 6.04 Å². The summed E-state index contributed by atoms with van der Waals surface area (Å²) in [4.78, 5) is 4.82. The zero-order chi connectivity index (χ0) is 14.8. The number of aromatic nitrogens is 1. The maximum atomic E-state index is 5.87. The van der Waals surface area contributed by atoms with Crippen LogP contribution in [0.25, 0.3) is 10.9 Å². The van der Waals surface area contributed by atoms with E-state index in [2.05, 4.69) is 43.5 Å². The Balaban J connectivity index is 1.87. The summed E-state index contributed by atoms with van der Waals surface area (Å²) in [5, 5.41) is 1.18. The fraction of sp³-hybridized carbons (Fsp3) is 0.500. The number of pyridine rings is 1. The smallest absolute Gasteiger partial charge is 0.0706 e. The van der Waals surface area contributed by atoms with Gasteiger partial charge in [-0.15, -0.1) is 0 Å². The molecule has 1 saturated carbocycles. The summed E-state index contributed by atoms with van der Waals surface area (Å²) >= 11 is 0. The van der Waals surface area contributed by atoms with Crippen LogP contribution >= 0.6 is 0 Å². The molecule has 0 aliphatic heterocycles. The fourth-order valence-electron chi connectivity index (χ4n) is 3.61. The predicted octanol–water partition coefficient (Wildman–Crippen LogP) is 3.81. The minimum Gasteiger partial charge on any atom is -0.271 e. The minimum atomic E-state index is 0.157. The number of benzene rings is 1. The van der Waals surface area contributed by atoms with Gasteiger partial charge in [-0.1, -0.05) is 44.5 Å². The van der Waals surface area contributed by atoms with E-state index >= 15 is 0 Å². The molecule has 3 rings (SSSR count). The Labute approximate surface area is 126 Å². The van der Waals surface area contributed by atoms with Crippen molar-refractivity contribution in [3.63, 3.8) is 0 Å². The van der Waals surface area contributed by atoms with Crippen LogP contribution in [0.2, 0.25) is 0 Å². The van der Waals surface area contributed by atoms with Crippen LogP contribution in [0.5, 0.6) is 0 Å². The highest BCUT2D eigenvalue weighted by molar-refractivity contribution is 5.78. The van der Waals surface area contributed by atoms with Crippen molar-refractivity contribution >= 4 is 10.9 Å². The molecule has 0 amide bonds. The van der Waals surface area contributed by atoms with Crippen molar-refractivity contribution in [3.8, 4) is 0 Å². The maximum absolute atomic E-state index is 5.87. The molecule has 3 N–H and O–H groups in total. The Morgan fingerprint density at radius 1 is 1.10 bits per heavy atom. The molecule has 1 fully saturated rings. The van der Waals surface area contributed by atoms with Crippen molar-refractivity contribution in [2.75, 3.05) is 0 Å². The van der Waals surface area contributed by atoms with Gasteiger partial charge in [0.25, 0.3) is 0 Å². The lowest BCUT2D eigenvalue weighted by Gasteiger charge is -2.36. The molecule has 1 aliphatic carbocycles. The summed E-state index contributed by atoms with van der Waals surface area (Å²) in [6, 6.07) is 12.7. The molecule has 4 unspecified atom stereocenters. The van der Waals surface area contributed by atoms with Gasteiger partial charge in [0.1, 0.15) is 0 Å². The molecule has 1 heterocycles. The topological polar surface area (TPSA) is 50.9 Å². The first kappa shape index (κ1) is 14.5. The Morgan fingerprint density at radius 2 is 1.90 bits per heavy atom. The Bertz CT molecular complexity index is 610. The number of hydrogen-bond donors (Lipinski definition) is 2. The van der Waals surface area contributed by atoms with Gasteiger partial charge in [-0.25, -0.2) is 0 Å². The second-order valence-corrected chi connectivity index (χ2v) is 6.60. The van der Waals surface area contributed by atoms with Crippen molar-refractivity contribution in [1.82, 2.24) is 10.4 Å². The fourth-order valence-corrected chi connectivity index (χ4v) is 3.61. The lowest BCUT2D eigenvalue weighted by atomic mass is 9.72. The van der Waals surface area contributed by atoms with Gasteiger partial charge in [0.2, 0.25) is 0 Å². The van der Waals surface area contributed by atoms with Crippen molar-refractivity contribution in [3.05, 3.63) is 42.1 Å². The first-order valence-corrected chi connectivity index (χ1v) is 8.01. The number of hydrazine groups is 1. The van der Waals surface area contributed by atoms with E-state index in [9.17, 15) is 0 Å². The molecule has 3 nitrogen and oxygen atoms in total. The van der Waals surface area contributed by atoms with Gasteiger partial charge in [0.15, 0.2) is 0 Å². The van der Waals surface area contributed by atoms with E-state index in [1.165, 1.54) is 24.6 Å². The van der Waals surface area contributed by atoms with E-state index in [4.69, 9.17) is 10.8 Å². The normalized spacial score (nSPS) is 27.7. The number of hydrogen-bond acceptors (Lipinski definition) is 3. The van der Waals surface area contributed by atoms with Crippen molar-refractivity contribution in [1.29, 1.82) is 0 Å². The molecular formula is C18H25N3. The summed E-state index contributed by atoms with van der Waals surface area (Å²) in [6.07, 6.45) is 3.75. The molecule has 0 bridgehead atoms. The van der Waals surface area contributed by atoms with Crippen molar-refractivity contribution < 1.29 is 0 Å². The minimum absolute atomic E-state index is 0.157. The summed E-state index contributed by atoms with van der Waals surface area (Å²) in [5.41, 5.74) is 5.15. The third-order valence-corrected chi connectivity index (χ3v) is 5.23. The van der Waals surface area contributed by atoms with Crippen molar-refractivity contribution in [2.45, 2.75) is 39.2 Å². The molecule has 2 aromatic rings. The summed E-state index contributed by atoms with van der Waals surface area (Å²) in [5.74, 6) is 8.04. The van der Waals surface area contributed by atoms with Gasteiger partial charge in [0, 0.05) is 5.39 Å². The second kappa shape index (κ2) is 6.12. The van der Waals surface area contributed by atoms with Gasteiger partial charge in [0.05, 0.1) is 17.3 Å². The van der Waals surface area contributed by atoms with Gasteiger partial charge >= 0.3 is 0 Å². The van der Waals surface area contributed by atoms with Crippen LogP contribution in [0.15, 0.2) is 36.4 Å². The van der Waals surface area contributed by atoms with Crippen LogP contribution in [0.4, 0.5) is 0 Å². The summed E-state index contributed by atoms with van der Waals surface area (Å²) in [7, 11) is 0. The first-order chi connectivity index (χ1) is 10.2. The first-order valence-electron chi connectivity index (χ1n) is 8.01. The average Bonchev–Trinajstić information content (AvgIpc) is 2.51. The molecule has 1 aromatic carbocycles. The van der Waals surface area contributed by atoms with Gasteiger partial charge in [-0.3, -0.25) is 16.3 Å². The third-order valence-electron chi connectivity index (χ3n) is 5.23. The highest BCUT2D eigenvalue weighted by Gasteiger charge is 2.31. The lowest BCUT2D eigenvalue weighted by molar-refractivity contribution is 0.170. The average molecular weight is 283 g/mol. The van der Waals surface area contributed by atoms with Crippen LogP contribution in [0.3, 0.4) is 0 Å². The van der Waals surface area contributed by atoms with E-state index < -0.39 is 0 Å². The third kappa shape index (κ3) is 2.94. The number of rotatable bonds is 3. The molecule has 0 saturated heterocycles. The summed E-state index contributed by atoms with van der Waals surface area (Å²) in [6.45, 7) is 4.72. The Hall–Kier alpha value is -1.45. The standard InChI is InChI=1S/C18H25N3/c1-12-7-8-15(11-13(12)2)18(21-19)17-10-9-14-5-3-4-6-16(14)20-17/h3-6,9-10,12-13,15,18,21H,7-8,11,19H2,1-2H3. The zero-order valence-corrected chi connectivity index (χ0v) is 12.9. The molecule has 21 heavy (non-hydrogen) atoms. The van der Waals surface area contributed by atoms with Gasteiger partial charge in [-0.05, 0) is 42.7 Å². The van der Waals surface area contributed by atoms with Gasteiger partial charge in [-0.2, -0.15) is 0 Å². The quantitative estimate of drug-likeness (QED) is 0.665. The molecule has 0 radical (unpaired) electrons. The van der Waals surface area contributed by atoms with E-state index in [1.807, 2.05) is 12.1 Å². The Kier molecular flexibility index (Phi) is 4.22. The molecule has 1 aliphatic rings. The van der Waals surface area contributed by atoms with Crippen molar-refractivity contribution in [2.24, 2.45) is 23.6 Å². The number of nitrogens with one attached hydrogen (secondary N) is 1. The van der Waals surface area contributed by atoms with E-state index in [0.29, 0.717) is 5.92 Å². The number of nitrogens with two attached hydrogens (primary N) is 1. The van der Waals surface area contributed by atoms with E-state index in [0.717, 1.165) is 23.0 Å². The van der Waals surface area contributed by atoms with E-state index in [1.54, 1.807) is 0 Å². The predicted molar refractivity (Wildman–Crippen MR) is 87.5 cm³/mol. The molecule has 4 atom stereocenters. The zero-order valence-electron chi connectivity index (χ0n) is 12.9. The number of fused-ring (bicyclic) bond motifs is 1. The second-order valence-electron chi connectivity index (χ2n) is 6.60. The SMILES string of the molecule is CC1CCC(C(NN)c2ccc3ccccc3n2)CC1C. The van der Waals surface area contributed by atoms with Crippen LogP contribution in [-0.4, -0.2) is 4.98 Å². The Morgan fingerprint density at radius 3 is 2.67 bits per heavy atom. The maximum Gasteiger partial charge on any atom is 0.0706 e. The van der Waals surface area contributed by atoms with Gasteiger partial charge < -0.3 is 0 Å². The summed E-state index contributed by atoms with van der Waals surface area (Å²) < 4.78 is 0. The highest BCUT2D eigenvalue weighted by Crippen LogP contribution is 2.39. The largest absolute Gasteiger partial charge is 0.271 e.